The zero-order valence-electron chi connectivity index (χ0n) is 10.3. The van der Waals surface area contributed by atoms with Crippen LogP contribution in [-0.2, 0) is 4.79 Å². The third-order valence-corrected chi connectivity index (χ3v) is 3.26. The fourth-order valence-corrected chi connectivity index (χ4v) is 2.30. The molecule has 0 unspecified atom stereocenters. The molecule has 5 nitrogen and oxygen atoms in total. The van der Waals surface area contributed by atoms with E-state index in [2.05, 4.69) is 10.9 Å². The molecule has 0 spiro atoms. The van der Waals surface area contributed by atoms with Gasteiger partial charge in [0.1, 0.15) is 0 Å². The third-order valence-electron chi connectivity index (χ3n) is 3.26. The van der Waals surface area contributed by atoms with Crippen LogP contribution in [0.25, 0.3) is 0 Å². The van der Waals surface area contributed by atoms with E-state index in [0.29, 0.717) is 12.3 Å². The molecule has 1 fully saturated rings. The van der Waals surface area contributed by atoms with Crippen LogP contribution in [-0.4, -0.2) is 11.8 Å². The summed E-state index contributed by atoms with van der Waals surface area (Å²) < 4.78 is 4.91. The summed E-state index contributed by atoms with van der Waals surface area (Å²) in [5.74, 6) is 0.0750. The largest absolute Gasteiger partial charge is 0.459 e. The minimum absolute atomic E-state index is 0.137. The predicted octanol–water partition coefficient (Wildman–Crippen LogP) is 2.01. The quantitative estimate of drug-likeness (QED) is 0.806. The maximum absolute atomic E-state index is 11.6. The van der Waals surface area contributed by atoms with Gasteiger partial charge >= 0.3 is 5.91 Å². The number of amides is 2. The lowest BCUT2D eigenvalue weighted by Crippen LogP contribution is -2.42. The summed E-state index contributed by atoms with van der Waals surface area (Å²) in [7, 11) is 0. The van der Waals surface area contributed by atoms with Crippen LogP contribution in [0.4, 0.5) is 0 Å². The smallest absolute Gasteiger partial charge is 0.305 e. The molecule has 1 aliphatic carbocycles. The van der Waals surface area contributed by atoms with Gasteiger partial charge in [0.25, 0.3) is 0 Å². The molecule has 0 bridgehead atoms. The summed E-state index contributed by atoms with van der Waals surface area (Å²) in [5, 5.41) is 0. The van der Waals surface area contributed by atoms with Crippen LogP contribution < -0.4 is 10.9 Å². The molecule has 1 saturated carbocycles. The van der Waals surface area contributed by atoms with Crippen molar-refractivity contribution in [2.24, 2.45) is 5.92 Å². The highest BCUT2D eigenvalue weighted by Gasteiger charge is 2.17. The van der Waals surface area contributed by atoms with Gasteiger partial charge in [-0.05, 0) is 30.9 Å². The molecule has 0 atom stereocenters. The highest BCUT2D eigenvalue weighted by atomic mass is 16.3. The van der Waals surface area contributed by atoms with Crippen molar-refractivity contribution in [2.75, 3.05) is 0 Å². The van der Waals surface area contributed by atoms with E-state index in [4.69, 9.17) is 4.42 Å². The summed E-state index contributed by atoms with van der Waals surface area (Å²) in [4.78, 5) is 23.1. The van der Waals surface area contributed by atoms with Gasteiger partial charge < -0.3 is 4.42 Å². The Hall–Kier alpha value is -1.78. The second kappa shape index (κ2) is 6.23. The Labute approximate surface area is 106 Å². The van der Waals surface area contributed by atoms with Crippen molar-refractivity contribution in [1.29, 1.82) is 0 Å². The van der Waals surface area contributed by atoms with Crippen LogP contribution in [0.15, 0.2) is 22.8 Å². The lowest BCUT2D eigenvalue weighted by Gasteiger charge is -2.20. The summed E-state index contributed by atoms with van der Waals surface area (Å²) in [6.07, 6.45) is 7.80. The van der Waals surface area contributed by atoms with Crippen LogP contribution in [0.1, 0.15) is 49.1 Å². The highest BCUT2D eigenvalue weighted by Crippen LogP contribution is 2.25. The first-order chi connectivity index (χ1) is 8.75. The van der Waals surface area contributed by atoms with Crippen LogP contribution in [0.3, 0.4) is 0 Å². The molecular weight excluding hydrogens is 232 g/mol. The monoisotopic (exact) mass is 250 g/mol. The van der Waals surface area contributed by atoms with Crippen molar-refractivity contribution in [3.63, 3.8) is 0 Å². The number of furan rings is 1. The van der Waals surface area contributed by atoms with Gasteiger partial charge in [0.15, 0.2) is 5.76 Å². The van der Waals surface area contributed by atoms with Gasteiger partial charge in [-0.1, -0.05) is 19.3 Å². The Morgan fingerprint density at radius 1 is 1.22 bits per heavy atom. The molecular formula is C13H18N2O3. The molecule has 1 aliphatic rings. The van der Waals surface area contributed by atoms with Crippen molar-refractivity contribution in [2.45, 2.75) is 38.5 Å². The molecule has 2 amide bonds. The lowest BCUT2D eigenvalue weighted by atomic mass is 9.87. The van der Waals surface area contributed by atoms with E-state index >= 15 is 0 Å². The van der Waals surface area contributed by atoms with Crippen LogP contribution in [0.2, 0.25) is 0 Å². The predicted molar refractivity (Wildman–Crippen MR) is 65.5 cm³/mol. The van der Waals surface area contributed by atoms with E-state index in [1.54, 1.807) is 12.1 Å². The van der Waals surface area contributed by atoms with E-state index in [0.717, 1.165) is 12.8 Å². The number of carbonyl (C=O) groups excluding carboxylic acids is 2. The fourth-order valence-electron chi connectivity index (χ4n) is 2.30. The van der Waals surface area contributed by atoms with Gasteiger partial charge in [-0.2, -0.15) is 0 Å². The van der Waals surface area contributed by atoms with Crippen molar-refractivity contribution in [3.05, 3.63) is 24.2 Å². The van der Waals surface area contributed by atoms with E-state index in [1.807, 2.05) is 0 Å². The van der Waals surface area contributed by atoms with Gasteiger partial charge in [0.05, 0.1) is 6.26 Å². The van der Waals surface area contributed by atoms with E-state index < -0.39 is 5.91 Å². The molecule has 18 heavy (non-hydrogen) atoms. The zero-order valence-corrected chi connectivity index (χ0v) is 10.3. The van der Waals surface area contributed by atoms with Gasteiger partial charge in [0, 0.05) is 6.42 Å². The SMILES string of the molecule is O=C(CC1CCCCC1)NNC(=O)c1ccco1. The zero-order chi connectivity index (χ0) is 12.8. The molecule has 0 saturated heterocycles. The van der Waals surface area contributed by atoms with E-state index in [-0.39, 0.29) is 11.7 Å². The molecule has 5 heteroatoms. The van der Waals surface area contributed by atoms with Gasteiger partial charge in [0.2, 0.25) is 5.91 Å². The summed E-state index contributed by atoms with van der Waals surface area (Å²) in [5.41, 5.74) is 4.76. The highest BCUT2D eigenvalue weighted by molar-refractivity contribution is 5.92. The molecule has 1 aromatic heterocycles. The number of rotatable bonds is 3. The average molecular weight is 250 g/mol. The molecule has 98 valence electrons. The molecule has 2 rings (SSSR count). The molecule has 0 aromatic carbocycles. The van der Waals surface area contributed by atoms with Crippen LogP contribution in [0.5, 0.6) is 0 Å². The summed E-state index contributed by atoms with van der Waals surface area (Å²) >= 11 is 0. The topological polar surface area (TPSA) is 71.3 Å². The van der Waals surface area contributed by atoms with Crippen molar-refractivity contribution in [3.8, 4) is 0 Å². The van der Waals surface area contributed by atoms with E-state index in [1.165, 1.54) is 25.5 Å². The molecule has 2 N–H and O–H groups in total. The Kier molecular flexibility index (Phi) is 4.39. The Bertz CT molecular complexity index is 394. The first-order valence-electron chi connectivity index (χ1n) is 6.38. The average Bonchev–Trinajstić information content (AvgIpc) is 2.91. The normalized spacial score (nSPS) is 16.2. The minimum Gasteiger partial charge on any atom is -0.459 e. The standard InChI is InChI=1S/C13H18N2O3/c16-12(9-10-5-2-1-3-6-10)14-15-13(17)11-7-4-8-18-11/h4,7-8,10H,1-3,5-6,9H2,(H,14,16)(H,15,17). The fraction of sp³-hybridized carbons (Fsp3) is 0.538. The lowest BCUT2D eigenvalue weighted by molar-refractivity contribution is -0.123. The Balaban J connectivity index is 1.69. The van der Waals surface area contributed by atoms with Gasteiger partial charge in [-0.25, -0.2) is 0 Å². The second-order valence-electron chi connectivity index (χ2n) is 4.69. The molecule has 0 radical (unpaired) electrons. The van der Waals surface area contributed by atoms with Crippen molar-refractivity contribution in [1.82, 2.24) is 10.9 Å². The maximum atomic E-state index is 11.6. The number of hydrazine groups is 1. The van der Waals surface area contributed by atoms with Crippen molar-refractivity contribution >= 4 is 11.8 Å². The van der Waals surface area contributed by atoms with Gasteiger partial charge in [-0.15, -0.1) is 0 Å². The Morgan fingerprint density at radius 3 is 2.67 bits per heavy atom. The number of carbonyl (C=O) groups is 2. The first-order valence-corrected chi connectivity index (χ1v) is 6.38. The minimum atomic E-state index is -0.433. The first kappa shape index (κ1) is 12.7. The number of hydrogen-bond acceptors (Lipinski definition) is 3. The maximum Gasteiger partial charge on any atom is 0.305 e. The second-order valence-corrected chi connectivity index (χ2v) is 4.69. The summed E-state index contributed by atoms with van der Waals surface area (Å²) in [6.45, 7) is 0. The molecule has 1 aromatic rings. The third kappa shape index (κ3) is 3.61. The molecule has 1 heterocycles. The van der Waals surface area contributed by atoms with Gasteiger partial charge in [-0.3, -0.25) is 20.4 Å². The molecule has 0 aliphatic heterocycles. The van der Waals surface area contributed by atoms with Crippen molar-refractivity contribution < 1.29 is 14.0 Å². The summed E-state index contributed by atoms with van der Waals surface area (Å²) in [6, 6.07) is 3.17. The number of hydrogen-bond donors (Lipinski definition) is 2. The van der Waals surface area contributed by atoms with Crippen LogP contribution in [0, 0.1) is 5.92 Å². The number of nitrogens with one attached hydrogen (secondary N) is 2. The van der Waals surface area contributed by atoms with E-state index in [9.17, 15) is 9.59 Å². The van der Waals surface area contributed by atoms with Crippen LogP contribution >= 0.6 is 0 Å². The Morgan fingerprint density at radius 2 is 2.00 bits per heavy atom.